The fourth-order valence-corrected chi connectivity index (χ4v) is 5.68. The van der Waals surface area contributed by atoms with Crippen LogP contribution in [-0.2, 0) is 16.0 Å². The maximum atomic E-state index is 13.2. The molecule has 0 radical (unpaired) electrons. The average Bonchev–Trinajstić information content (AvgIpc) is 3.27. The smallest absolute Gasteiger partial charge is 0.237 e. The van der Waals surface area contributed by atoms with Gasteiger partial charge in [-0.3, -0.25) is 14.5 Å². The summed E-state index contributed by atoms with van der Waals surface area (Å²) in [5.41, 5.74) is 2.46. The molecule has 8 heteroatoms. The summed E-state index contributed by atoms with van der Waals surface area (Å²) in [5.74, 6) is 0.855. The topological polar surface area (TPSA) is 53.1 Å². The quantitative estimate of drug-likeness (QED) is 0.642. The highest BCUT2D eigenvalue weighted by Gasteiger charge is 2.34. The monoisotopic (exact) mass is 461 g/mol. The molecule has 1 aromatic carbocycles. The molecule has 2 atom stereocenters. The summed E-state index contributed by atoms with van der Waals surface area (Å²) in [7, 11) is 1.67. The molecular weight excluding hydrogens is 434 g/mol. The molecule has 0 aliphatic carbocycles. The molecular formula is C23H28ClN3O3S. The largest absolute Gasteiger partial charge is 0.497 e. The second-order valence-corrected chi connectivity index (χ2v) is 9.37. The Morgan fingerprint density at radius 1 is 1.13 bits per heavy atom. The zero-order chi connectivity index (χ0) is 22.0. The van der Waals surface area contributed by atoms with E-state index in [1.54, 1.807) is 23.3 Å². The van der Waals surface area contributed by atoms with E-state index in [4.69, 9.17) is 16.3 Å². The SMILES string of the molecule is COc1ccc([C@@H]2c3ccsc3CCN2CC(=O)N2CCN(C(=O)CCl)[C@@H](C)C2)cc1. The molecule has 0 saturated carbocycles. The Labute approximate surface area is 192 Å². The Kier molecular flexibility index (Phi) is 6.84. The lowest BCUT2D eigenvalue weighted by Gasteiger charge is -2.41. The maximum Gasteiger partial charge on any atom is 0.237 e. The highest BCUT2D eigenvalue weighted by atomic mass is 35.5. The van der Waals surface area contributed by atoms with Gasteiger partial charge >= 0.3 is 0 Å². The van der Waals surface area contributed by atoms with Gasteiger partial charge in [-0.15, -0.1) is 22.9 Å². The Morgan fingerprint density at radius 3 is 2.58 bits per heavy atom. The lowest BCUT2D eigenvalue weighted by Crippen LogP contribution is -2.57. The first-order valence-electron chi connectivity index (χ1n) is 10.6. The number of rotatable bonds is 5. The summed E-state index contributed by atoms with van der Waals surface area (Å²) >= 11 is 7.51. The summed E-state index contributed by atoms with van der Waals surface area (Å²) in [6.07, 6.45) is 0.960. The molecule has 31 heavy (non-hydrogen) atoms. The molecule has 2 amide bonds. The third-order valence-corrected chi connectivity index (χ3v) is 7.48. The van der Waals surface area contributed by atoms with Crippen LogP contribution in [0.1, 0.15) is 29.0 Å². The first-order valence-corrected chi connectivity index (χ1v) is 12.0. The first-order chi connectivity index (χ1) is 15.0. The Balaban J connectivity index is 1.50. The summed E-state index contributed by atoms with van der Waals surface area (Å²) in [6.45, 7) is 4.82. The van der Waals surface area contributed by atoms with Crippen LogP contribution in [0.3, 0.4) is 0 Å². The van der Waals surface area contributed by atoms with Crippen LogP contribution < -0.4 is 4.74 Å². The summed E-state index contributed by atoms with van der Waals surface area (Å²) < 4.78 is 5.32. The Morgan fingerprint density at radius 2 is 1.90 bits per heavy atom. The van der Waals surface area contributed by atoms with Crippen LogP contribution in [0.25, 0.3) is 0 Å². The summed E-state index contributed by atoms with van der Waals surface area (Å²) in [4.78, 5) is 32.5. The third-order valence-electron chi connectivity index (χ3n) is 6.25. The van der Waals surface area contributed by atoms with Crippen LogP contribution in [-0.4, -0.2) is 78.3 Å². The number of amides is 2. The second kappa shape index (κ2) is 9.59. The number of fused-ring (bicyclic) bond motifs is 1. The molecule has 1 aromatic heterocycles. The van der Waals surface area contributed by atoms with Gasteiger partial charge in [0.25, 0.3) is 0 Å². The van der Waals surface area contributed by atoms with Crippen molar-refractivity contribution in [2.45, 2.75) is 25.4 Å². The maximum absolute atomic E-state index is 13.2. The van der Waals surface area contributed by atoms with Gasteiger partial charge in [0.15, 0.2) is 0 Å². The van der Waals surface area contributed by atoms with Crippen LogP contribution in [0.4, 0.5) is 0 Å². The average molecular weight is 462 g/mol. The number of benzene rings is 1. The number of methoxy groups -OCH3 is 1. The van der Waals surface area contributed by atoms with Crippen molar-refractivity contribution in [3.05, 3.63) is 51.7 Å². The van der Waals surface area contributed by atoms with Crippen molar-refractivity contribution in [2.24, 2.45) is 0 Å². The van der Waals surface area contributed by atoms with Gasteiger partial charge in [-0.25, -0.2) is 0 Å². The lowest BCUT2D eigenvalue weighted by molar-refractivity contribution is -0.142. The molecule has 0 N–H and O–H groups in total. The van der Waals surface area contributed by atoms with E-state index in [0.717, 1.165) is 18.7 Å². The molecule has 2 aliphatic heterocycles. The molecule has 0 unspecified atom stereocenters. The molecule has 0 bridgehead atoms. The van der Waals surface area contributed by atoms with E-state index < -0.39 is 0 Å². The van der Waals surface area contributed by atoms with E-state index in [9.17, 15) is 9.59 Å². The van der Waals surface area contributed by atoms with E-state index in [1.165, 1.54) is 16.0 Å². The van der Waals surface area contributed by atoms with Crippen LogP contribution >= 0.6 is 22.9 Å². The Hall–Kier alpha value is -2.09. The van der Waals surface area contributed by atoms with Gasteiger partial charge < -0.3 is 14.5 Å². The second-order valence-electron chi connectivity index (χ2n) is 8.10. The van der Waals surface area contributed by atoms with Crippen molar-refractivity contribution in [2.75, 3.05) is 45.7 Å². The fourth-order valence-electron chi connectivity index (χ4n) is 4.62. The number of hydrogen-bond donors (Lipinski definition) is 0. The zero-order valence-corrected chi connectivity index (χ0v) is 19.5. The van der Waals surface area contributed by atoms with Crippen LogP contribution in [0, 0.1) is 0 Å². The number of ether oxygens (including phenoxy) is 1. The molecule has 6 nitrogen and oxygen atoms in total. The number of alkyl halides is 1. The van der Waals surface area contributed by atoms with E-state index in [-0.39, 0.29) is 29.8 Å². The zero-order valence-electron chi connectivity index (χ0n) is 17.9. The normalized spacial score (nSPS) is 21.6. The molecule has 2 aromatic rings. The lowest BCUT2D eigenvalue weighted by atomic mass is 9.93. The molecule has 1 saturated heterocycles. The summed E-state index contributed by atoms with van der Waals surface area (Å²) in [6, 6.07) is 10.4. The van der Waals surface area contributed by atoms with Crippen LogP contribution in [0.15, 0.2) is 35.7 Å². The minimum absolute atomic E-state index is 0.0153. The number of hydrogen-bond acceptors (Lipinski definition) is 5. The number of carbonyl (C=O) groups excluding carboxylic acids is 2. The molecule has 4 rings (SSSR count). The van der Waals surface area contributed by atoms with Gasteiger partial charge in [0, 0.05) is 37.1 Å². The minimum Gasteiger partial charge on any atom is -0.497 e. The standard InChI is InChI=1S/C23H28ClN3O3S/c1-16-14-25(10-11-27(16)21(28)13-24)22(29)15-26-9-7-20-19(8-12-31-20)23(26)17-3-5-18(30-2)6-4-17/h3-6,8,12,16,23H,7,9-11,13-15H2,1-2H3/t16-,23+/m0/s1. The van der Waals surface area contributed by atoms with Crippen molar-refractivity contribution in [1.29, 1.82) is 0 Å². The number of thiophene rings is 1. The highest BCUT2D eigenvalue weighted by molar-refractivity contribution is 7.10. The van der Waals surface area contributed by atoms with Gasteiger partial charge in [-0.05, 0) is 48.1 Å². The molecule has 166 valence electrons. The van der Waals surface area contributed by atoms with Gasteiger partial charge in [0.2, 0.25) is 11.8 Å². The first kappa shape index (κ1) is 22.1. The number of carbonyl (C=O) groups is 2. The number of nitrogens with zero attached hydrogens (tertiary/aromatic N) is 3. The van der Waals surface area contributed by atoms with Crippen LogP contribution in [0.5, 0.6) is 5.75 Å². The molecule has 1 fully saturated rings. The van der Waals surface area contributed by atoms with Gasteiger partial charge in [-0.1, -0.05) is 12.1 Å². The Bertz CT molecular complexity index is 932. The molecule has 0 spiro atoms. The van der Waals surface area contributed by atoms with Crippen molar-refractivity contribution in [3.8, 4) is 5.75 Å². The molecule has 3 heterocycles. The summed E-state index contributed by atoms with van der Waals surface area (Å²) in [5, 5.41) is 2.14. The predicted molar refractivity (Wildman–Crippen MR) is 123 cm³/mol. The van der Waals surface area contributed by atoms with Gasteiger partial charge in [0.1, 0.15) is 11.6 Å². The predicted octanol–water partition coefficient (Wildman–Crippen LogP) is 3.00. The van der Waals surface area contributed by atoms with Crippen molar-refractivity contribution < 1.29 is 14.3 Å². The molecule has 2 aliphatic rings. The number of halogens is 1. The van der Waals surface area contributed by atoms with Crippen molar-refractivity contribution in [3.63, 3.8) is 0 Å². The van der Waals surface area contributed by atoms with Crippen molar-refractivity contribution in [1.82, 2.24) is 14.7 Å². The number of piperazine rings is 1. The minimum atomic E-state index is -0.0677. The van der Waals surface area contributed by atoms with E-state index in [2.05, 4.69) is 28.5 Å². The highest BCUT2D eigenvalue weighted by Crippen LogP contribution is 2.38. The van der Waals surface area contributed by atoms with Gasteiger partial charge in [-0.2, -0.15) is 0 Å². The van der Waals surface area contributed by atoms with E-state index in [1.807, 2.05) is 24.0 Å². The van der Waals surface area contributed by atoms with Gasteiger partial charge in [0.05, 0.1) is 19.7 Å². The van der Waals surface area contributed by atoms with E-state index >= 15 is 0 Å². The fraction of sp³-hybridized carbons (Fsp3) is 0.478. The third kappa shape index (κ3) is 4.59. The van der Waals surface area contributed by atoms with Crippen molar-refractivity contribution >= 4 is 34.8 Å². The van der Waals surface area contributed by atoms with Crippen LogP contribution in [0.2, 0.25) is 0 Å². The van der Waals surface area contributed by atoms with E-state index in [0.29, 0.717) is 26.2 Å².